The summed E-state index contributed by atoms with van der Waals surface area (Å²) in [6.45, 7) is 4.57. The predicted octanol–water partition coefficient (Wildman–Crippen LogP) is 2.85. The lowest BCUT2D eigenvalue weighted by atomic mass is 9.91. The summed E-state index contributed by atoms with van der Waals surface area (Å²) in [6.07, 6.45) is 5.03. The normalized spacial score (nSPS) is 24.1. The summed E-state index contributed by atoms with van der Waals surface area (Å²) in [7, 11) is -3.64. The fraction of sp³-hybridized carbons (Fsp3) is 0.619. The highest BCUT2D eigenvalue weighted by Gasteiger charge is 2.51. The van der Waals surface area contributed by atoms with Crippen molar-refractivity contribution in [3.63, 3.8) is 0 Å². The fourth-order valence-electron chi connectivity index (χ4n) is 4.35. The van der Waals surface area contributed by atoms with E-state index in [1.807, 2.05) is 0 Å². The van der Waals surface area contributed by atoms with Crippen LogP contribution in [0.15, 0.2) is 18.2 Å². The van der Waals surface area contributed by atoms with Crippen LogP contribution in [-0.4, -0.2) is 55.0 Å². The van der Waals surface area contributed by atoms with Crippen molar-refractivity contribution in [2.24, 2.45) is 0 Å². The molecule has 1 N–H and O–H groups in total. The van der Waals surface area contributed by atoms with Gasteiger partial charge in [-0.15, -0.1) is 0 Å². The third-order valence-corrected chi connectivity index (χ3v) is 8.39. The van der Waals surface area contributed by atoms with E-state index < -0.39 is 21.5 Å². The number of hydrogen-bond donors (Lipinski definition) is 1. The lowest BCUT2D eigenvalue weighted by molar-refractivity contribution is -0.133. The van der Waals surface area contributed by atoms with E-state index in [1.165, 1.54) is 11.8 Å². The van der Waals surface area contributed by atoms with Crippen molar-refractivity contribution in [3.05, 3.63) is 28.8 Å². The first-order valence-corrected chi connectivity index (χ1v) is 12.5. The molecule has 0 radical (unpaired) electrons. The SMILES string of the molecule is CCS(=O)(=O)N1CC(=O)N(c2cccc(Cl)c2C)[C@](C)(C(=O)NC2CCCCC2)C1. The van der Waals surface area contributed by atoms with Gasteiger partial charge in [0, 0.05) is 23.3 Å². The highest BCUT2D eigenvalue weighted by molar-refractivity contribution is 7.89. The van der Waals surface area contributed by atoms with Crippen LogP contribution in [0.25, 0.3) is 0 Å². The zero-order valence-electron chi connectivity index (χ0n) is 17.8. The van der Waals surface area contributed by atoms with E-state index in [1.54, 1.807) is 32.0 Å². The molecule has 0 aromatic heterocycles. The molecule has 1 atom stereocenters. The van der Waals surface area contributed by atoms with E-state index in [2.05, 4.69) is 5.32 Å². The van der Waals surface area contributed by atoms with Crippen LogP contribution in [0.5, 0.6) is 0 Å². The van der Waals surface area contributed by atoms with Gasteiger partial charge >= 0.3 is 0 Å². The largest absolute Gasteiger partial charge is 0.351 e. The molecule has 2 amide bonds. The molecule has 1 aliphatic carbocycles. The van der Waals surface area contributed by atoms with Gasteiger partial charge in [0.2, 0.25) is 21.8 Å². The number of carbonyl (C=O) groups excluding carboxylic acids is 2. The second-order valence-electron chi connectivity index (χ2n) is 8.36. The van der Waals surface area contributed by atoms with Crippen LogP contribution < -0.4 is 10.2 Å². The molecule has 0 bridgehead atoms. The molecule has 2 fully saturated rings. The van der Waals surface area contributed by atoms with E-state index >= 15 is 0 Å². The topological polar surface area (TPSA) is 86.8 Å². The molecule has 1 aromatic carbocycles. The number of benzene rings is 1. The molecule has 0 unspecified atom stereocenters. The van der Waals surface area contributed by atoms with Gasteiger partial charge in [-0.1, -0.05) is 36.9 Å². The van der Waals surface area contributed by atoms with Crippen LogP contribution in [-0.2, 0) is 19.6 Å². The number of halogens is 1. The number of sulfonamides is 1. The Morgan fingerprint density at radius 3 is 2.57 bits per heavy atom. The first-order valence-electron chi connectivity index (χ1n) is 10.5. The quantitative estimate of drug-likeness (QED) is 0.739. The van der Waals surface area contributed by atoms with Crippen molar-refractivity contribution in [2.45, 2.75) is 64.5 Å². The van der Waals surface area contributed by atoms with E-state index in [0.29, 0.717) is 16.3 Å². The van der Waals surface area contributed by atoms with Crippen molar-refractivity contribution < 1.29 is 18.0 Å². The van der Waals surface area contributed by atoms with Gasteiger partial charge in [0.05, 0.1) is 12.3 Å². The molecule has 7 nitrogen and oxygen atoms in total. The molecule has 30 heavy (non-hydrogen) atoms. The van der Waals surface area contributed by atoms with Crippen molar-refractivity contribution in [1.82, 2.24) is 9.62 Å². The zero-order chi connectivity index (χ0) is 22.1. The second-order valence-corrected chi connectivity index (χ2v) is 11.0. The van der Waals surface area contributed by atoms with E-state index in [-0.39, 0.29) is 30.8 Å². The molecule has 1 saturated carbocycles. The number of hydrogen-bond acceptors (Lipinski definition) is 4. The second kappa shape index (κ2) is 8.85. The Hall–Kier alpha value is -1.64. The molecule has 3 rings (SSSR count). The average Bonchev–Trinajstić information content (AvgIpc) is 2.71. The summed E-state index contributed by atoms with van der Waals surface area (Å²) in [5.41, 5.74) is -0.178. The molecular formula is C21H30ClN3O4S. The molecule has 1 aliphatic heterocycles. The summed E-state index contributed by atoms with van der Waals surface area (Å²) in [4.78, 5) is 28.2. The van der Waals surface area contributed by atoms with Gasteiger partial charge in [0.15, 0.2) is 0 Å². The number of amides is 2. The van der Waals surface area contributed by atoms with Gasteiger partial charge in [-0.05, 0) is 51.3 Å². The van der Waals surface area contributed by atoms with Crippen LogP contribution in [0.1, 0.15) is 51.5 Å². The molecule has 1 saturated heterocycles. The number of nitrogens with one attached hydrogen (secondary N) is 1. The van der Waals surface area contributed by atoms with E-state index in [0.717, 1.165) is 36.4 Å². The van der Waals surface area contributed by atoms with E-state index in [9.17, 15) is 18.0 Å². The van der Waals surface area contributed by atoms with Crippen molar-refractivity contribution in [1.29, 1.82) is 0 Å². The number of anilines is 1. The summed E-state index contributed by atoms with van der Waals surface area (Å²) in [6, 6.07) is 5.24. The van der Waals surface area contributed by atoms with Gasteiger partial charge in [0.1, 0.15) is 5.54 Å². The van der Waals surface area contributed by atoms with E-state index in [4.69, 9.17) is 11.6 Å². The molecule has 166 valence electrons. The predicted molar refractivity (Wildman–Crippen MR) is 118 cm³/mol. The lowest BCUT2D eigenvalue weighted by Gasteiger charge is -2.47. The third-order valence-electron chi connectivity index (χ3n) is 6.21. The summed E-state index contributed by atoms with van der Waals surface area (Å²) >= 11 is 6.29. The Labute approximate surface area is 183 Å². The van der Waals surface area contributed by atoms with Crippen molar-refractivity contribution in [3.8, 4) is 0 Å². The molecular weight excluding hydrogens is 426 g/mol. The third kappa shape index (κ3) is 4.36. The minimum Gasteiger partial charge on any atom is -0.351 e. The lowest BCUT2D eigenvalue weighted by Crippen LogP contribution is -2.71. The number of rotatable bonds is 5. The van der Waals surface area contributed by atoms with Crippen LogP contribution in [0.2, 0.25) is 5.02 Å². The highest BCUT2D eigenvalue weighted by atomic mass is 35.5. The molecule has 9 heteroatoms. The fourth-order valence-corrected chi connectivity index (χ4v) is 5.64. The Bertz CT molecular complexity index is 930. The van der Waals surface area contributed by atoms with Gasteiger partial charge in [0.25, 0.3) is 0 Å². The molecule has 2 aliphatic rings. The van der Waals surface area contributed by atoms with Crippen LogP contribution in [0.3, 0.4) is 0 Å². The summed E-state index contributed by atoms with van der Waals surface area (Å²) < 4.78 is 26.3. The summed E-state index contributed by atoms with van der Waals surface area (Å²) in [5.74, 6) is -0.903. The number of piperazine rings is 1. The Morgan fingerprint density at radius 1 is 1.27 bits per heavy atom. The van der Waals surface area contributed by atoms with Crippen LogP contribution >= 0.6 is 11.6 Å². The maximum absolute atomic E-state index is 13.5. The minimum absolute atomic E-state index is 0.0404. The van der Waals surface area contributed by atoms with Gasteiger partial charge < -0.3 is 5.32 Å². The summed E-state index contributed by atoms with van der Waals surface area (Å²) in [5, 5.41) is 3.57. The zero-order valence-corrected chi connectivity index (χ0v) is 19.4. The Balaban J connectivity index is 2.03. The minimum atomic E-state index is -3.64. The highest BCUT2D eigenvalue weighted by Crippen LogP contribution is 2.35. The Morgan fingerprint density at radius 2 is 1.93 bits per heavy atom. The maximum Gasteiger partial charge on any atom is 0.247 e. The number of carbonyl (C=O) groups is 2. The Kier molecular flexibility index (Phi) is 6.79. The average molecular weight is 456 g/mol. The monoisotopic (exact) mass is 455 g/mol. The van der Waals surface area contributed by atoms with Gasteiger partial charge in [-0.3, -0.25) is 14.5 Å². The molecule has 1 heterocycles. The van der Waals surface area contributed by atoms with Crippen molar-refractivity contribution in [2.75, 3.05) is 23.7 Å². The smallest absolute Gasteiger partial charge is 0.247 e. The number of nitrogens with zero attached hydrogens (tertiary/aromatic N) is 2. The molecule has 0 spiro atoms. The van der Waals surface area contributed by atoms with Crippen molar-refractivity contribution >= 4 is 39.1 Å². The van der Waals surface area contributed by atoms with Gasteiger partial charge in [-0.2, -0.15) is 4.31 Å². The maximum atomic E-state index is 13.5. The van der Waals surface area contributed by atoms with Crippen LogP contribution in [0.4, 0.5) is 5.69 Å². The first kappa shape index (κ1) is 23.0. The van der Waals surface area contributed by atoms with Crippen LogP contribution in [0, 0.1) is 6.92 Å². The molecule has 1 aromatic rings. The standard InChI is InChI=1S/C21H30ClN3O4S/c1-4-30(28,29)24-13-19(26)25(18-12-8-11-17(22)15(18)2)21(3,14-24)20(27)23-16-9-6-5-7-10-16/h8,11-12,16H,4-7,9-10,13-14H2,1-3H3,(H,23,27)/t21-/m0/s1. The van der Waals surface area contributed by atoms with Gasteiger partial charge in [-0.25, -0.2) is 8.42 Å². The first-order chi connectivity index (χ1) is 14.1.